The Bertz CT molecular complexity index is 714. The number of hydrogen-bond acceptors (Lipinski definition) is 5. The minimum Gasteiger partial charge on any atom is -0.491 e. The van der Waals surface area contributed by atoms with Gasteiger partial charge in [0.2, 0.25) is 5.91 Å². The Morgan fingerprint density at radius 3 is 2.50 bits per heavy atom. The Kier molecular flexibility index (Phi) is 8.44. The number of ether oxygens (including phenoxy) is 2. The number of carbonyl (C=O) groups is 1. The molecule has 0 spiro atoms. The molecular formula is C26H41N3O3. The molecule has 1 unspecified atom stereocenters. The maximum absolute atomic E-state index is 13.2. The lowest BCUT2D eigenvalue weighted by Gasteiger charge is -2.36. The predicted molar refractivity (Wildman–Crippen MR) is 127 cm³/mol. The molecule has 4 rings (SSSR count). The fraction of sp³-hybridized carbons (Fsp3) is 0.731. The van der Waals surface area contributed by atoms with E-state index in [0.717, 1.165) is 90.5 Å². The molecule has 3 fully saturated rings. The standard InChI is InChI=1S/C26H41N3O3/c1-21(2)32-25-9-7-22(8-10-25)19-28-14-11-24(20-28)29(26(30)23-5-3-6-23)13-4-12-27-15-17-31-18-16-27/h7-10,21,23-24H,3-6,11-20H2,1-2H3. The molecule has 32 heavy (non-hydrogen) atoms. The molecule has 0 aromatic heterocycles. The predicted octanol–water partition coefficient (Wildman–Crippen LogP) is 3.40. The highest BCUT2D eigenvalue weighted by Crippen LogP contribution is 2.30. The van der Waals surface area contributed by atoms with E-state index in [1.165, 1.54) is 12.0 Å². The molecule has 1 atom stereocenters. The van der Waals surface area contributed by atoms with Crippen molar-refractivity contribution in [3.05, 3.63) is 29.8 Å². The summed E-state index contributed by atoms with van der Waals surface area (Å²) >= 11 is 0. The van der Waals surface area contributed by atoms with E-state index in [1.54, 1.807) is 0 Å². The van der Waals surface area contributed by atoms with Crippen LogP contribution in [0.15, 0.2) is 24.3 Å². The van der Waals surface area contributed by atoms with Crippen molar-refractivity contribution in [2.75, 3.05) is 52.5 Å². The third-order valence-corrected chi connectivity index (χ3v) is 7.10. The van der Waals surface area contributed by atoms with E-state index >= 15 is 0 Å². The van der Waals surface area contributed by atoms with Gasteiger partial charge in [0.05, 0.1) is 19.3 Å². The van der Waals surface area contributed by atoms with E-state index in [2.05, 4.69) is 52.8 Å². The number of carbonyl (C=O) groups excluding carboxylic acids is 1. The Morgan fingerprint density at radius 1 is 1.09 bits per heavy atom. The lowest BCUT2D eigenvalue weighted by atomic mass is 9.84. The molecule has 0 radical (unpaired) electrons. The summed E-state index contributed by atoms with van der Waals surface area (Å²) in [5, 5.41) is 0. The third kappa shape index (κ3) is 6.46. The highest BCUT2D eigenvalue weighted by molar-refractivity contribution is 5.80. The van der Waals surface area contributed by atoms with Crippen LogP contribution in [0.25, 0.3) is 0 Å². The summed E-state index contributed by atoms with van der Waals surface area (Å²) in [5.41, 5.74) is 1.31. The second-order valence-corrected chi connectivity index (χ2v) is 9.96. The largest absolute Gasteiger partial charge is 0.491 e. The zero-order chi connectivity index (χ0) is 22.3. The summed E-state index contributed by atoms with van der Waals surface area (Å²) < 4.78 is 11.2. The smallest absolute Gasteiger partial charge is 0.225 e. The second-order valence-electron chi connectivity index (χ2n) is 9.96. The third-order valence-electron chi connectivity index (χ3n) is 7.10. The molecular weight excluding hydrogens is 402 g/mol. The molecule has 2 heterocycles. The van der Waals surface area contributed by atoms with Crippen molar-refractivity contribution in [2.24, 2.45) is 5.92 Å². The van der Waals surface area contributed by atoms with E-state index in [0.29, 0.717) is 11.9 Å². The fourth-order valence-electron chi connectivity index (χ4n) is 5.07. The zero-order valence-corrected chi connectivity index (χ0v) is 20.0. The van der Waals surface area contributed by atoms with E-state index in [-0.39, 0.29) is 12.0 Å². The van der Waals surface area contributed by atoms with Crippen molar-refractivity contribution in [2.45, 2.75) is 64.6 Å². The number of nitrogens with zero attached hydrogens (tertiary/aromatic N) is 3. The Hall–Kier alpha value is -1.63. The molecule has 178 valence electrons. The fourth-order valence-corrected chi connectivity index (χ4v) is 5.07. The first-order valence-corrected chi connectivity index (χ1v) is 12.7. The molecule has 1 saturated carbocycles. The minimum absolute atomic E-state index is 0.197. The van der Waals surface area contributed by atoms with Crippen LogP contribution in [-0.4, -0.2) is 85.2 Å². The zero-order valence-electron chi connectivity index (χ0n) is 20.0. The van der Waals surface area contributed by atoms with Crippen molar-refractivity contribution in [1.29, 1.82) is 0 Å². The average molecular weight is 444 g/mol. The van der Waals surface area contributed by atoms with Crippen LogP contribution in [0.2, 0.25) is 0 Å². The molecule has 1 aromatic carbocycles. The SMILES string of the molecule is CC(C)Oc1ccc(CN2CCC(N(CCCN3CCOCC3)C(=O)C3CCC3)C2)cc1. The van der Waals surface area contributed by atoms with Crippen molar-refractivity contribution in [1.82, 2.24) is 14.7 Å². The monoisotopic (exact) mass is 443 g/mol. The second kappa shape index (κ2) is 11.5. The molecule has 0 N–H and O–H groups in total. The Labute approximate surface area is 193 Å². The molecule has 6 heteroatoms. The van der Waals surface area contributed by atoms with Gasteiger partial charge in [-0.05, 0) is 57.2 Å². The highest BCUT2D eigenvalue weighted by atomic mass is 16.5. The van der Waals surface area contributed by atoms with Crippen LogP contribution in [0.4, 0.5) is 0 Å². The number of rotatable bonds is 10. The van der Waals surface area contributed by atoms with Gasteiger partial charge >= 0.3 is 0 Å². The molecule has 1 amide bonds. The summed E-state index contributed by atoms with van der Waals surface area (Å²) in [7, 11) is 0. The van der Waals surface area contributed by atoms with Gasteiger partial charge < -0.3 is 14.4 Å². The van der Waals surface area contributed by atoms with Crippen molar-refractivity contribution in [3.8, 4) is 5.75 Å². The van der Waals surface area contributed by atoms with Gasteiger partial charge in [0, 0.05) is 57.8 Å². The van der Waals surface area contributed by atoms with Gasteiger partial charge in [0.25, 0.3) is 0 Å². The van der Waals surface area contributed by atoms with E-state index < -0.39 is 0 Å². The van der Waals surface area contributed by atoms with Crippen LogP contribution in [0.1, 0.15) is 51.5 Å². The maximum atomic E-state index is 13.2. The van der Waals surface area contributed by atoms with Crippen LogP contribution in [0.3, 0.4) is 0 Å². The number of hydrogen-bond donors (Lipinski definition) is 0. The number of morpholine rings is 1. The van der Waals surface area contributed by atoms with Gasteiger partial charge in [-0.25, -0.2) is 0 Å². The molecule has 0 bridgehead atoms. The molecule has 1 aromatic rings. The first kappa shape index (κ1) is 23.5. The Balaban J connectivity index is 1.29. The summed E-state index contributed by atoms with van der Waals surface area (Å²) in [4.78, 5) is 20.5. The van der Waals surface area contributed by atoms with Gasteiger partial charge in [0.1, 0.15) is 5.75 Å². The first-order chi connectivity index (χ1) is 15.6. The van der Waals surface area contributed by atoms with E-state index in [1.807, 2.05) is 0 Å². The quantitative estimate of drug-likeness (QED) is 0.555. The van der Waals surface area contributed by atoms with Crippen molar-refractivity contribution >= 4 is 5.91 Å². The van der Waals surface area contributed by atoms with Crippen LogP contribution >= 0.6 is 0 Å². The highest BCUT2D eigenvalue weighted by Gasteiger charge is 2.35. The molecule has 2 saturated heterocycles. The number of likely N-dealkylation sites (tertiary alicyclic amines) is 1. The summed E-state index contributed by atoms with van der Waals surface area (Å²) in [6.45, 7) is 12.8. The van der Waals surface area contributed by atoms with Crippen LogP contribution in [-0.2, 0) is 16.1 Å². The lowest BCUT2D eigenvalue weighted by molar-refractivity contribution is -0.140. The Morgan fingerprint density at radius 2 is 1.84 bits per heavy atom. The van der Waals surface area contributed by atoms with Gasteiger partial charge in [-0.2, -0.15) is 0 Å². The molecule has 1 aliphatic carbocycles. The van der Waals surface area contributed by atoms with Crippen LogP contribution in [0, 0.1) is 5.92 Å². The molecule has 2 aliphatic heterocycles. The molecule has 3 aliphatic rings. The van der Waals surface area contributed by atoms with Gasteiger partial charge in [-0.15, -0.1) is 0 Å². The van der Waals surface area contributed by atoms with Gasteiger partial charge in [-0.3, -0.25) is 14.6 Å². The van der Waals surface area contributed by atoms with Crippen molar-refractivity contribution < 1.29 is 14.3 Å². The molecule has 6 nitrogen and oxygen atoms in total. The maximum Gasteiger partial charge on any atom is 0.225 e. The van der Waals surface area contributed by atoms with E-state index in [4.69, 9.17) is 9.47 Å². The lowest BCUT2D eigenvalue weighted by Crippen LogP contribution is -2.47. The minimum atomic E-state index is 0.197. The van der Waals surface area contributed by atoms with Crippen LogP contribution in [0.5, 0.6) is 5.75 Å². The summed E-state index contributed by atoms with van der Waals surface area (Å²) in [6.07, 6.45) is 5.73. The van der Waals surface area contributed by atoms with Crippen molar-refractivity contribution in [3.63, 3.8) is 0 Å². The normalized spacial score (nSPS) is 22.8. The van der Waals surface area contributed by atoms with Gasteiger partial charge in [-0.1, -0.05) is 18.6 Å². The topological polar surface area (TPSA) is 45.2 Å². The van der Waals surface area contributed by atoms with Crippen LogP contribution < -0.4 is 4.74 Å². The first-order valence-electron chi connectivity index (χ1n) is 12.7. The summed E-state index contributed by atoms with van der Waals surface area (Å²) in [6, 6.07) is 8.84. The number of benzene rings is 1. The van der Waals surface area contributed by atoms with Gasteiger partial charge in [0.15, 0.2) is 0 Å². The number of amides is 1. The van der Waals surface area contributed by atoms with E-state index in [9.17, 15) is 4.79 Å². The average Bonchev–Trinajstić information content (AvgIpc) is 3.20. The summed E-state index contributed by atoms with van der Waals surface area (Å²) in [5.74, 6) is 1.63.